The summed E-state index contributed by atoms with van der Waals surface area (Å²) in [5, 5.41) is 0. The summed E-state index contributed by atoms with van der Waals surface area (Å²) in [5.74, 6) is 0. The van der Waals surface area contributed by atoms with E-state index in [0.29, 0.717) is 36.4 Å². The molecule has 0 N–H and O–H groups in total. The van der Waals surface area contributed by atoms with E-state index in [1.54, 1.807) is 30.3 Å². The summed E-state index contributed by atoms with van der Waals surface area (Å²) in [4.78, 5) is 0. The summed E-state index contributed by atoms with van der Waals surface area (Å²) in [7, 11) is 0. The van der Waals surface area contributed by atoms with E-state index in [-0.39, 0.29) is 19.0 Å². The van der Waals surface area contributed by atoms with Gasteiger partial charge in [-0.05, 0) is 0 Å². The first-order valence-corrected chi connectivity index (χ1v) is 26.8. The van der Waals surface area contributed by atoms with Crippen LogP contribution in [-0.4, -0.2) is 66.1 Å². The number of halogens is 3. The Hall–Kier alpha value is 1.14. The first kappa shape index (κ1) is 43.3. The molecular weight excluding hydrogens is 748 g/mol. The Morgan fingerprint density at radius 1 is 0.550 bits per heavy atom. The Kier molecular flexibility index (Phi) is 22.7. The molecule has 8 heteroatoms. The van der Waals surface area contributed by atoms with E-state index in [4.69, 9.17) is 3.76 Å². The summed E-state index contributed by atoms with van der Waals surface area (Å²) in [5.41, 5.74) is 0.316. The van der Waals surface area contributed by atoms with Crippen LogP contribution in [0.3, 0.4) is 0 Å². The minimum absolute atomic E-state index is 0.00982. The van der Waals surface area contributed by atoms with E-state index in [9.17, 15) is 13.2 Å². The van der Waals surface area contributed by atoms with Crippen LogP contribution < -0.4 is 0 Å². The molecule has 1 nitrogen and oxygen atoms in total. The average Bonchev–Trinajstić information content (AvgIpc) is 2.74. The number of benzene rings is 1. The standard InChI is InChI=1S/C20H33F3Ge2O.2C6H14Ge/c1-14(2)24(15(3)4)19(20(21,22)23,18-12-10-9-11-13-18)26-25(16(5)6)17(7)8;2*1-5(2)7-6(3)4/h9-17H,1-8H3;2*5-6H,1-4H3. The fourth-order valence-corrected chi connectivity index (χ4v) is 26.6. The summed E-state index contributed by atoms with van der Waals surface area (Å²) in [6.45, 7) is 34.4. The second-order valence-corrected chi connectivity index (χ2v) is 39.4. The molecule has 1 aromatic carbocycles. The topological polar surface area (TPSA) is 9.23 Å². The van der Waals surface area contributed by atoms with Gasteiger partial charge >= 0.3 is 272 Å². The number of hydrogen-bond donors (Lipinski definition) is 0. The molecule has 0 aliphatic carbocycles. The summed E-state index contributed by atoms with van der Waals surface area (Å²) < 4.78 is 53.3. The summed E-state index contributed by atoms with van der Waals surface area (Å²) in [6, 6.07) is 8.45. The van der Waals surface area contributed by atoms with Crippen molar-refractivity contribution in [1.29, 1.82) is 0 Å². The van der Waals surface area contributed by atoms with Gasteiger partial charge in [0.25, 0.3) is 0 Å². The van der Waals surface area contributed by atoms with Crippen molar-refractivity contribution in [2.45, 2.75) is 159 Å². The van der Waals surface area contributed by atoms with Gasteiger partial charge in [0.1, 0.15) is 0 Å². The van der Waals surface area contributed by atoms with Crippen molar-refractivity contribution < 1.29 is 16.9 Å². The third-order valence-corrected chi connectivity index (χ3v) is 26.7. The Balaban J connectivity index is 0. The fourth-order valence-electron chi connectivity index (χ4n) is 5.23. The molecule has 0 spiro atoms. The van der Waals surface area contributed by atoms with Crippen molar-refractivity contribution in [3.05, 3.63) is 35.9 Å². The van der Waals surface area contributed by atoms with Crippen LogP contribution in [0.5, 0.6) is 0 Å². The van der Waals surface area contributed by atoms with Gasteiger partial charge in [-0.2, -0.15) is 0 Å². The van der Waals surface area contributed by atoms with Crippen LogP contribution in [0.25, 0.3) is 0 Å². The third kappa shape index (κ3) is 16.3. The van der Waals surface area contributed by atoms with Gasteiger partial charge in [0, 0.05) is 0 Å². The van der Waals surface area contributed by atoms with Crippen molar-refractivity contribution in [2.24, 2.45) is 0 Å². The van der Waals surface area contributed by atoms with Crippen molar-refractivity contribution >= 4 is 59.9 Å². The van der Waals surface area contributed by atoms with Crippen LogP contribution in [0.4, 0.5) is 13.2 Å². The minimum atomic E-state index is -4.40. The molecule has 0 bridgehead atoms. The van der Waals surface area contributed by atoms with Crippen LogP contribution in [0.2, 0.25) is 38.0 Å². The fraction of sp³-hybridized carbons (Fsp3) is 0.812. The van der Waals surface area contributed by atoms with E-state index < -0.39 is 39.6 Å². The molecule has 0 fully saturated rings. The molecule has 0 aliphatic rings. The van der Waals surface area contributed by atoms with Crippen molar-refractivity contribution in [3.8, 4) is 0 Å². The molecule has 0 aromatic heterocycles. The Labute approximate surface area is 270 Å². The molecule has 0 aliphatic heterocycles. The number of rotatable bonds is 12. The first-order valence-electron chi connectivity index (χ1n) is 15.2. The van der Waals surface area contributed by atoms with Gasteiger partial charge in [0.2, 0.25) is 0 Å². The van der Waals surface area contributed by atoms with E-state index in [1.165, 1.54) is 0 Å². The molecule has 6 radical (unpaired) electrons. The van der Waals surface area contributed by atoms with Crippen LogP contribution in [0.15, 0.2) is 30.3 Å². The summed E-state index contributed by atoms with van der Waals surface area (Å²) >= 11 is -4.43. The van der Waals surface area contributed by atoms with Crippen LogP contribution >= 0.6 is 0 Å². The molecular formula is C32H61F3Ge4O. The zero-order valence-electron chi connectivity index (χ0n) is 28.5. The molecule has 232 valence electrons. The van der Waals surface area contributed by atoms with E-state index >= 15 is 0 Å². The second-order valence-electron chi connectivity index (χ2n) is 13.1. The number of alkyl halides is 3. The SMILES string of the molecule is C[CH](C)[Ge]([O][C](c1ccccc1)([Ge]([CH](C)C)[CH](C)C)C(F)(F)F)[CH](C)C.C[CH](C)[Ge][CH](C)C.C[CH](C)[Ge][CH](C)C. The maximum atomic E-state index is 14.9. The van der Waals surface area contributed by atoms with Gasteiger partial charge in [-0.1, -0.05) is 0 Å². The second kappa shape index (κ2) is 21.0. The normalized spacial score (nSPS) is 14.1. The molecule has 0 amide bonds. The zero-order chi connectivity index (χ0) is 32.0. The molecule has 1 atom stereocenters. The quantitative estimate of drug-likeness (QED) is 0.191. The molecule has 1 aromatic rings. The monoisotopic (exact) mass is 814 g/mol. The van der Waals surface area contributed by atoms with Crippen molar-refractivity contribution in [2.75, 3.05) is 0 Å². The molecule has 0 heterocycles. The third-order valence-electron chi connectivity index (χ3n) is 5.97. The predicted octanol–water partition coefficient (Wildman–Crippen LogP) is 11.8. The Morgan fingerprint density at radius 3 is 1.07 bits per heavy atom. The van der Waals surface area contributed by atoms with Crippen LogP contribution in [-0.2, 0) is 8.20 Å². The summed E-state index contributed by atoms with van der Waals surface area (Å²) in [6.07, 6.45) is -4.40. The molecule has 0 saturated heterocycles. The zero-order valence-corrected chi connectivity index (χ0v) is 36.9. The van der Waals surface area contributed by atoms with E-state index in [0.717, 1.165) is 19.0 Å². The number of hydrogen-bond acceptors (Lipinski definition) is 1. The average molecular weight is 809 g/mol. The van der Waals surface area contributed by atoms with Gasteiger partial charge in [-0.25, -0.2) is 0 Å². The molecule has 40 heavy (non-hydrogen) atoms. The van der Waals surface area contributed by atoms with Gasteiger partial charge in [-0.15, -0.1) is 0 Å². The van der Waals surface area contributed by atoms with Crippen LogP contribution in [0.1, 0.15) is 116 Å². The van der Waals surface area contributed by atoms with Gasteiger partial charge < -0.3 is 0 Å². The van der Waals surface area contributed by atoms with Gasteiger partial charge in [0.05, 0.1) is 0 Å². The van der Waals surface area contributed by atoms with Crippen molar-refractivity contribution in [3.63, 3.8) is 0 Å². The first-order chi connectivity index (χ1) is 18.1. The van der Waals surface area contributed by atoms with Gasteiger partial charge in [0.15, 0.2) is 0 Å². The molecule has 1 rings (SSSR count). The van der Waals surface area contributed by atoms with E-state index in [1.807, 2.05) is 55.4 Å². The molecule has 0 saturated carbocycles. The van der Waals surface area contributed by atoms with Crippen molar-refractivity contribution in [1.82, 2.24) is 0 Å². The predicted molar refractivity (Wildman–Crippen MR) is 179 cm³/mol. The molecule has 1 unspecified atom stereocenters. The Morgan fingerprint density at radius 2 is 0.875 bits per heavy atom. The maximum absolute atomic E-state index is 14.9. The van der Waals surface area contributed by atoms with Gasteiger partial charge in [-0.3, -0.25) is 0 Å². The van der Waals surface area contributed by atoms with Crippen LogP contribution in [0, 0.1) is 0 Å². The Bertz CT molecular complexity index is 708. The van der Waals surface area contributed by atoms with E-state index in [2.05, 4.69) is 55.4 Å².